The maximum Gasteiger partial charge on any atom is 0.282 e. The van der Waals surface area contributed by atoms with E-state index in [1.165, 1.54) is 4.90 Å². The van der Waals surface area contributed by atoms with Crippen molar-refractivity contribution in [1.29, 1.82) is 0 Å². The number of carbonyl (C=O) groups is 1. The third-order valence-corrected chi connectivity index (χ3v) is 2.79. The number of nitrogens with zero attached hydrogens (tertiary/aromatic N) is 1. The molecule has 0 aromatic heterocycles. The van der Waals surface area contributed by atoms with Gasteiger partial charge in [0.1, 0.15) is 0 Å². The molecule has 86 valence electrons. The first-order valence-corrected chi connectivity index (χ1v) is 5.29. The van der Waals surface area contributed by atoms with Gasteiger partial charge >= 0.3 is 0 Å². The van der Waals surface area contributed by atoms with Gasteiger partial charge in [0.25, 0.3) is 5.91 Å². The molecule has 1 rings (SSSR count). The fraction of sp³-hybridized carbons (Fsp3) is 0.727. The molecule has 1 heterocycles. The second-order valence-corrected chi connectivity index (χ2v) is 4.23. The van der Waals surface area contributed by atoms with E-state index in [0.29, 0.717) is 18.7 Å². The van der Waals surface area contributed by atoms with Crippen molar-refractivity contribution in [1.82, 2.24) is 4.90 Å². The average Bonchev–Trinajstić information content (AvgIpc) is 2.27. The molecule has 0 radical (unpaired) electrons. The number of carbonyl (C=O) groups excluding carboxylic acids is 1. The Balaban J connectivity index is 2.54. The minimum Gasteiger partial charge on any atom is -0.396 e. The summed E-state index contributed by atoms with van der Waals surface area (Å²) in [7, 11) is 0. The molecule has 0 atom stereocenters. The highest BCUT2D eigenvalue weighted by molar-refractivity contribution is 5.91. The predicted molar refractivity (Wildman–Crippen MR) is 55.9 cm³/mol. The lowest BCUT2D eigenvalue weighted by molar-refractivity contribution is -0.130. The van der Waals surface area contributed by atoms with E-state index in [0.717, 1.165) is 12.8 Å². The minimum absolute atomic E-state index is 0.160. The maximum atomic E-state index is 13.3. The molecular formula is C11H18FNO2. The van der Waals surface area contributed by atoms with Crippen LogP contribution in [0.4, 0.5) is 4.39 Å². The van der Waals surface area contributed by atoms with Crippen LogP contribution in [0.3, 0.4) is 0 Å². The number of halogens is 1. The first-order valence-electron chi connectivity index (χ1n) is 5.29. The number of allylic oxidation sites excluding steroid dienone is 1. The van der Waals surface area contributed by atoms with Crippen LogP contribution < -0.4 is 0 Å². The van der Waals surface area contributed by atoms with Gasteiger partial charge in [-0.25, -0.2) is 4.39 Å². The van der Waals surface area contributed by atoms with Gasteiger partial charge in [0.05, 0.1) is 0 Å². The first-order chi connectivity index (χ1) is 7.06. The third kappa shape index (κ3) is 3.02. The lowest BCUT2D eigenvalue weighted by atomic mass is 9.98. The summed E-state index contributed by atoms with van der Waals surface area (Å²) < 4.78 is 13.3. The Bertz CT molecular complexity index is 264. The Morgan fingerprint density at radius 3 is 2.33 bits per heavy atom. The van der Waals surface area contributed by atoms with Gasteiger partial charge in [-0.2, -0.15) is 0 Å². The van der Waals surface area contributed by atoms with E-state index in [-0.39, 0.29) is 12.5 Å². The molecule has 0 spiro atoms. The summed E-state index contributed by atoms with van der Waals surface area (Å²) in [4.78, 5) is 13.1. The summed E-state index contributed by atoms with van der Waals surface area (Å²) in [5, 5.41) is 8.93. The van der Waals surface area contributed by atoms with Crippen LogP contribution in [0.25, 0.3) is 0 Å². The second kappa shape index (κ2) is 5.26. The van der Waals surface area contributed by atoms with Crippen molar-refractivity contribution in [3.8, 4) is 0 Å². The number of aliphatic hydroxyl groups excluding tert-OH is 1. The third-order valence-electron chi connectivity index (χ3n) is 2.79. The average molecular weight is 215 g/mol. The van der Waals surface area contributed by atoms with E-state index >= 15 is 0 Å². The van der Waals surface area contributed by atoms with Crippen molar-refractivity contribution in [3.05, 3.63) is 11.4 Å². The number of hydrogen-bond acceptors (Lipinski definition) is 2. The molecule has 1 aliphatic rings. The van der Waals surface area contributed by atoms with Gasteiger partial charge < -0.3 is 10.0 Å². The number of likely N-dealkylation sites (tertiary alicyclic amines) is 1. The summed E-state index contributed by atoms with van der Waals surface area (Å²) in [6.45, 7) is 4.43. The summed E-state index contributed by atoms with van der Waals surface area (Å²) in [6.07, 6.45) is 1.52. The van der Waals surface area contributed by atoms with Gasteiger partial charge in [-0.1, -0.05) is 0 Å². The molecule has 0 aliphatic carbocycles. The van der Waals surface area contributed by atoms with Crippen LogP contribution in [0.1, 0.15) is 26.7 Å². The van der Waals surface area contributed by atoms with Gasteiger partial charge in [0.2, 0.25) is 0 Å². The molecule has 3 nitrogen and oxygen atoms in total. The van der Waals surface area contributed by atoms with Crippen molar-refractivity contribution in [2.45, 2.75) is 26.7 Å². The van der Waals surface area contributed by atoms with Crippen LogP contribution in [-0.2, 0) is 4.79 Å². The largest absolute Gasteiger partial charge is 0.396 e. The van der Waals surface area contributed by atoms with Gasteiger partial charge in [0, 0.05) is 19.7 Å². The molecule has 0 bridgehead atoms. The molecule has 0 aromatic rings. The standard InChI is InChI=1S/C11H18FNO2/c1-8(2)10(12)11(15)13-5-3-9(7-14)4-6-13/h9,14H,3-7H2,1-2H3. The quantitative estimate of drug-likeness (QED) is 0.709. The fourth-order valence-electron chi connectivity index (χ4n) is 1.67. The SMILES string of the molecule is CC(C)=C(F)C(=O)N1CCC(CO)CC1. The topological polar surface area (TPSA) is 40.5 Å². The zero-order chi connectivity index (χ0) is 11.4. The number of hydrogen-bond donors (Lipinski definition) is 1. The first kappa shape index (κ1) is 12.2. The monoisotopic (exact) mass is 215 g/mol. The van der Waals surface area contributed by atoms with E-state index in [9.17, 15) is 9.18 Å². The summed E-state index contributed by atoms with van der Waals surface area (Å²) in [5.74, 6) is -0.882. The van der Waals surface area contributed by atoms with E-state index in [2.05, 4.69) is 0 Å². The fourth-order valence-corrected chi connectivity index (χ4v) is 1.67. The van der Waals surface area contributed by atoms with E-state index in [4.69, 9.17) is 5.11 Å². The van der Waals surface area contributed by atoms with Crippen molar-refractivity contribution in [3.63, 3.8) is 0 Å². The highest BCUT2D eigenvalue weighted by atomic mass is 19.1. The van der Waals surface area contributed by atoms with Crippen molar-refractivity contribution < 1.29 is 14.3 Å². The van der Waals surface area contributed by atoms with Gasteiger partial charge in [-0.05, 0) is 38.2 Å². The Hall–Kier alpha value is -0.900. The van der Waals surface area contributed by atoms with E-state index < -0.39 is 11.7 Å². The van der Waals surface area contributed by atoms with Gasteiger partial charge in [0.15, 0.2) is 5.83 Å². The molecule has 1 amide bonds. The lowest BCUT2D eigenvalue weighted by Gasteiger charge is -2.30. The lowest BCUT2D eigenvalue weighted by Crippen LogP contribution is -2.39. The molecule has 1 N–H and O–H groups in total. The van der Waals surface area contributed by atoms with Crippen LogP contribution in [0, 0.1) is 5.92 Å². The molecule has 0 aromatic carbocycles. The van der Waals surface area contributed by atoms with Crippen LogP contribution >= 0.6 is 0 Å². The highest BCUT2D eigenvalue weighted by Gasteiger charge is 2.24. The van der Waals surface area contributed by atoms with Gasteiger partial charge in [-0.3, -0.25) is 4.79 Å². The molecule has 4 heteroatoms. The highest BCUT2D eigenvalue weighted by Crippen LogP contribution is 2.19. The van der Waals surface area contributed by atoms with Crippen LogP contribution in [0.2, 0.25) is 0 Å². The van der Waals surface area contributed by atoms with Crippen molar-refractivity contribution in [2.24, 2.45) is 5.92 Å². The summed E-state index contributed by atoms with van der Waals surface area (Å²) in [5.41, 5.74) is 0.421. The molecule has 15 heavy (non-hydrogen) atoms. The summed E-state index contributed by atoms with van der Waals surface area (Å²) >= 11 is 0. The van der Waals surface area contributed by atoms with E-state index in [1.54, 1.807) is 13.8 Å². The van der Waals surface area contributed by atoms with Crippen LogP contribution in [-0.4, -0.2) is 35.6 Å². The normalized spacial score (nSPS) is 17.7. The Morgan fingerprint density at radius 2 is 1.93 bits per heavy atom. The number of piperidine rings is 1. The van der Waals surface area contributed by atoms with Crippen molar-refractivity contribution in [2.75, 3.05) is 19.7 Å². The second-order valence-electron chi connectivity index (χ2n) is 4.23. The molecule has 1 aliphatic heterocycles. The molecule has 1 saturated heterocycles. The Morgan fingerprint density at radius 1 is 1.40 bits per heavy atom. The Labute approximate surface area is 89.6 Å². The van der Waals surface area contributed by atoms with Gasteiger partial charge in [-0.15, -0.1) is 0 Å². The minimum atomic E-state index is -0.641. The zero-order valence-corrected chi connectivity index (χ0v) is 9.29. The molecule has 0 unspecified atom stereocenters. The predicted octanol–water partition coefficient (Wildman–Crippen LogP) is 1.48. The number of aliphatic hydroxyl groups is 1. The van der Waals surface area contributed by atoms with Crippen LogP contribution in [0.15, 0.2) is 11.4 Å². The van der Waals surface area contributed by atoms with Crippen molar-refractivity contribution >= 4 is 5.91 Å². The summed E-state index contributed by atoms with van der Waals surface area (Å²) in [6, 6.07) is 0. The smallest absolute Gasteiger partial charge is 0.282 e. The molecule has 0 saturated carbocycles. The van der Waals surface area contributed by atoms with Crippen LogP contribution in [0.5, 0.6) is 0 Å². The van der Waals surface area contributed by atoms with E-state index in [1.807, 2.05) is 0 Å². The zero-order valence-electron chi connectivity index (χ0n) is 9.29. The molecule has 1 fully saturated rings. The molecular weight excluding hydrogens is 197 g/mol. The Kier molecular flexibility index (Phi) is 4.27. The number of rotatable bonds is 2. The number of amides is 1. The maximum absolute atomic E-state index is 13.3.